The minimum Gasteiger partial charge on any atom is -0.493 e. The van der Waals surface area contributed by atoms with Gasteiger partial charge in [-0.15, -0.1) is 0 Å². The molecule has 1 aliphatic heterocycles. The summed E-state index contributed by atoms with van der Waals surface area (Å²) in [7, 11) is 2.57. The van der Waals surface area contributed by atoms with Crippen molar-refractivity contribution in [3.63, 3.8) is 0 Å². The Balaban J connectivity index is 2.52. The molecule has 2 rings (SSSR count). The molecule has 28 heavy (non-hydrogen) atoms. The highest BCUT2D eigenvalue weighted by molar-refractivity contribution is 6.09. The third kappa shape index (κ3) is 4.17. The predicted octanol–water partition coefficient (Wildman–Crippen LogP) is 0.466. The molecule has 10 nitrogen and oxygen atoms in total. The molecule has 0 aromatic heterocycles. The van der Waals surface area contributed by atoms with Crippen molar-refractivity contribution < 1.29 is 38.8 Å². The number of esters is 1. The van der Waals surface area contributed by atoms with Crippen LogP contribution in [-0.4, -0.2) is 73.5 Å². The molecule has 0 aliphatic carbocycles. The summed E-state index contributed by atoms with van der Waals surface area (Å²) in [6, 6.07) is 2.65. The number of hydrogen-bond donors (Lipinski definition) is 3. The van der Waals surface area contributed by atoms with E-state index in [1.165, 1.54) is 31.3 Å². The van der Waals surface area contributed by atoms with Crippen LogP contribution in [0, 0.1) is 0 Å². The summed E-state index contributed by atoms with van der Waals surface area (Å²) >= 11 is 0. The first-order valence-corrected chi connectivity index (χ1v) is 8.44. The fourth-order valence-corrected chi connectivity index (χ4v) is 2.75. The van der Waals surface area contributed by atoms with Gasteiger partial charge in [0.2, 0.25) is 0 Å². The summed E-state index contributed by atoms with van der Waals surface area (Å²) < 4.78 is 15.3. The van der Waals surface area contributed by atoms with Crippen molar-refractivity contribution in [1.29, 1.82) is 0 Å². The summed E-state index contributed by atoms with van der Waals surface area (Å²) in [5.74, 6) is -2.06. The first kappa shape index (κ1) is 21.0. The zero-order chi connectivity index (χ0) is 20.8. The van der Waals surface area contributed by atoms with E-state index in [4.69, 9.17) is 19.3 Å². The zero-order valence-electron chi connectivity index (χ0n) is 15.8. The average molecular weight is 394 g/mol. The largest absolute Gasteiger partial charge is 0.493 e. The van der Waals surface area contributed by atoms with E-state index < -0.39 is 17.8 Å². The molecule has 1 aromatic carbocycles. The topological polar surface area (TPSA) is 135 Å². The van der Waals surface area contributed by atoms with E-state index in [-0.39, 0.29) is 53.7 Å². The van der Waals surface area contributed by atoms with Crippen LogP contribution in [0.1, 0.15) is 17.3 Å². The lowest BCUT2D eigenvalue weighted by Crippen LogP contribution is -2.31. The Morgan fingerprint density at radius 3 is 2.50 bits per heavy atom. The Kier molecular flexibility index (Phi) is 6.83. The van der Waals surface area contributed by atoms with E-state index in [9.17, 15) is 19.5 Å². The molecule has 0 saturated carbocycles. The third-order valence-electron chi connectivity index (χ3n) is 4.05. The van der Waals surface area contributed by atoms with E-state index in [1.807, 2.05) is 0 Å². The minimum atomic E-state index is -1.26. The number of aliphatic hydroxyl groups excluding tert-OH is 1. The smallest absolute Gasteiger partial charge is 0.337 e. The molecule has 1 aliphatic rings. The van der Waals surface area contributed by atoms with Gasteiger partial charge < -0.3 is 34.6 Å². The number of amides is 1. The van der Waals surface area contributed by atoms with Gasteiger partial charge in [-0.1, -0.05) is 0 Å². The first-order chi connectivity index (χ1) is 13.4. The standard InChI is InChI=1S/C18H22N2O8/c1-4-28-14-7-10(17(23)24)12(8-13(14)26-2)19-15-11(18(25)27-3)9-20(5-6-21)16(15)22/h7-8,19,21H,4-6,9H2,1-3H3,(H,23,24). The number of rotatable bonds is 9. The normalized spacial score (nSPS) is 13.6. The molecule has 152 valence electrons. The Morgan fingerprint density at radius 1 is 1.25 bits per heavy atom. The number of methoxy groups -OCH3 is 2. The van der Waals surface area contributed by atoms with E-state index in [1.54, 1.807) is 6.92 Å². The molecule has 0 radical (unpaired) electrons. The molecular weight excluding hydrogens is 372 g/mol. The van der Waals surface area contributed by atoms with Crippen LogP contribution >= 0.6 is 0 Å². The number of ether oxygens (including phenoxy) is 3. The van der Waals surface area contributed by atoms with Gasteiger partial charge in [0.15, 0.2) is 11.5 Å². The van der Waals surface area contributed by atoms with Crippen molar-refractivity contribution >= 4 is 23.5 Å². The van der Waals surface area contributed by atoms with Crippen LogP contribution in [0.4, 0.5) is 5.69 Å². The number of nitrogens with zero attached hydrogens (tertiary/aromatic N) is 1. The molecule has 0 saturated heterocycles. The Bertz CT molecular complexity index is 818. The van der Waals surface area contributed by atoms with Crippen LogP contribution in [0.15, 0.2) is 23.4 Å². The number of anilines is 1. The van der Waals surface area contributed by atoms with E-state index in [0.717, 1.165) is 0 Å². The molecule has 1 amide bonds. The maximum atomic E-state index is 12.6. The monoisotopic (exact) mass is 394 g/mol. The lowest BCUT2D eigenvalue weighted by molar-refractivity contribution is -0.136. The van der Waals surface area contributed by atoms with Gasteiger partial charge in [0.25, 0.3) is 5.91 Å². The van der Waals surface area contributed by atoms with Gasteiger partial charge >= 0.3 is 11.9 Å². The SMILES string of the molecule is CCOc1cc(C(=O)O)c(NC2=C(C(=O)OC)CN(CCO)C2=O)cc1OC. The van der Waals surface area contributed by atoms with Crippen molar-refractivity contribution in [3.05, 3.63) is 29.0 Å². The van der Waals surface area contributed by atoms with Crippen LogP contribution in [0.2, 0.25) is 0 Å². The number of nitrogens with one attached hydrogen (secondary N) is 1. The highest BCUT2D eigenvalue weighted by Crippen LogP contribution is 2.35. The molecule has 0 bridgehead atoms. The van der Waals surface area contributed by atoms with E-state index >= 15 is 0 Å². The number of aromatic carboxylic acids is 1. The van der Waals surface area contributed by atoms with Gasteiger partial charge in [0, 0.05) is 18.7 Å². The van der Waals surface area contributed by atoms with Gasteiger partial charge in [-0.05, 0) is 6.92 Å². The molecule has 10 heteroatoms. The number of benzene rings is 1. The van der Waals surface area contributed by atoms with Gasteiger partial charge in [0.05, 0.1) is 50.8 Å². The molecule has 3 N–H and O–H groups in total. The van der Waals surface area contributed by atoms with Crippen molar-refractivity contribution in [2.45, 2.75) is 6.92 Å². The second-order valence-electron chi connectivity index (χ2n) is 5.71. The quantitative estimate of drug-likeness (QED) is 0.511. The van der Waals surface area contributed by atoms with Crippen LogP contribution in [-0.2, 0) is 14.3 Å². The summed E-state index contributed by atoms with van der Waals surface area (Å²) in [6.07, 6.45) is 0. The summed E-state index contributed by atoms with van der Waals surface area (Å²) in [5, 5.41) is 21.4. The Hall–Kier alpha value is -3.27. The molecule has 1 heterocycles. The fraction of sp³-hybridized carbons (Fsp3) is 0.389. The maximum absolute atomic E-state index is 12.6. The van der Waals surface area contributed by atoms with E-state index in [0.29, 0.717) is 6.61 Å². The minimum absolute atomic E-state index is 0.0168. The average Bonchev–Trinajstić information content (AvgIpc) is 2.98. The lowest BCUT2D eigenvalue weighted by Gasteiger charge is -2.17. The van der Waals surface area contributed by atoms with Crippen LogP contribution < -0.4 is 14.8 Å². The second-order valence-corrected chi connectivity index (χ2v) is 5.71. The second kappa shape index (κ2) is 9.09. The number of carboxylic acids is 1. The fourth-order valence-electron chi connectivity index (χ4n) is 2.75. The van der Waals surface area contributed by atoms with Crippen LogP contribution in [0.5, 0.6) is 11.5 Å². The highest BCUT2D eigenvalue weighted by Gasteiger charge is 2.35. The molecular formula is C18H22N2O8. The number of β-amino-alcohol motifs (C(OH)–C–C–N with tert-alkyl or cyclic N) is 1. The van der Waals surface area contributed by atoms with E-state index in [2.05, 4.69) is 5.32 Å². The number of carboxylic acid groups (broad SMARTS) is 1. The number of carbonyl (C=O) groups excluding carboxylic acids is 2. The molecule has 0 spiro atoms. The molecule has 0 fully saturated rings. The van der Waals surface area contributed by atoms with Crippen LogP contribution in [0.25, 0.3) is 0 Å². The molecule has 0 atom stereocenters. The highest BCUT2D eigenvalue weighted by atomic mass is 16.5. The predicted molar refractivity (Wildman–Crippen MR) is 97.5 cm³/mol. The Morgan fingerprint density at radius 2 is 1.96 bits per heavy atom. The number of hydrogen-bond acceptors (Lipinski definition) is 8. The molecule has 1 aromatic rings. The lowest BCUT2D eigenvalue weighted by atomic mass is 10.1. The summed E-state index contributed by atoms with van der Waals surface area (Å²) in [6.45, 7) is 1.71. The van der Waals surface area contributed by atoms with Crippen molar-refractivity contribution in [1.82, 2.24) is 4.90 Å². The molecule has 0 unspecified atom stereocenters. The van der Waals surface area contributed by atoms with Crippen molar-refractivity contribution in [2.24, 2.45) is 0 Å². The van der Waals surface area contributed by atoms with Gasteiger partial charge in [0.1, 0.15) is 5.70 Å². The van der Waals surface area contributed by atoms with Crippen molar-refractivity contribution in [3.8, 4) is 11.5 Å². The van der Waals surface area contributed by atoms with Gasteiger partial charge in [-0.2, -0.15) is 0 Å². The van der Waals surface area contributed by atoms with Crippen LogP contribution in [0.3, 0.4) is 0 Å². The van der Waals surface area contributed by atoms with Gasteiger partial charge in [-0.3, -0.25) is 4.79 Å². The summed E-state index contributed by atoms with van der Waals surface area (Å²) in [5.41, 5.74) is -0.211. The summed E-state index contributed by atoms with van der Waals surface area (Å²) in [4.78, 5) is 37.6. The maximum Gasteiger partial charge on any atom is 0.337 e. The third-order valence-corrected chi connectivity index (χ3v) is 4.05. The van der Waals surface area contributed by atoms with Gasteiger partial charge in [-0.25, -0.2) is 9.59 Å². The first-order valence-electron chi connectivity index (χ1n) is 8.44. The zero-order valence-corrected chi connectivity index (χ0v) is 15.8. The van der Waals surface area contributed by atoms with Crippen molar-refractivity contribution in [2.75, 3.05) is 45.8 Å². The number of aliphatic hydroxyl groups is 1. The number of carbonyl (C=O) groups is 3. The Labute approximate surface area is 161 Å².